The van der Waals surface area contributed by atoms with Crippen LogP contribution < -0.4 is 5.32 Å². The number of piperidine rings is 1. The van der Waals surface area contributed by atoms with Gasteiger partial charge in [-0.05, 0) is 38.1 Å². The lowest BCUT2D eigenvalue weighted by Gasteiger charge is -2.23. The molecule has 0 atom stereocenters. The second-order valence-electron chi connectivity index (χ2n) is 4.83. The van der Waals surface area contributed by atoms with E-state index in [0.717, 1.165) is 18.5 Å². The fraction of sp³-hybridized carbons (Fsp3) is 0.357. The Morgan fingerprint density at radius 3 is 2.63 bits per heavy atom. The highest BCUT2D eigenvalue weighted by Gasteiger charge is 2.30. The molecule has 1 aliphatic heterocycles. The standard InChI is InChI=1S/C14H16N2O2S/c17-19(18,12-6-9-15-10-7-12)13-5-1-3-11-4-2-8-16-14(11)13/h1-5,8,12,15H,6-7,9-10H2. The first-order valence-electron chi connectivity index (χ1n) is 6.48. The van der Waals surface area contributed by atoms with Crippen LogP contribution in [-0.2, 0) is 9.84 Å². The lowest BCUT2D eigenvalue weighted by atomic mass is 10.2. The maximum absolute atomic E-state index is 12.7. The summed E-state index contributed by atoms with van der Waals surface area (Å²) in [4.78, 5) is 4.62. The highest BCUT2D eigenvalue weighted by molar-refractivity contribution is 7.92. The van der Waals surface area contributed by atoms with Gasteiger partial charge in [-0.1, -0.05) is 18.2 Å². The van der Waals surface area contributed by atoms with Gasteiger partial charge >= 0.3 is 0 Å². The quantitative estimate of drug-likeness (QED) is 0.908. The average molecular weight is 276 g/mol. The molecule has 0 radical (unpaired) electrons. The monoisotopic (exact) mass is 276 g/mol. The van der Waals surface area contributed by atoms with Crippen LogP contribution in [0.2, 0.25) is 0 Å². The Hall–Kier alpha value is -1.46. The van der Waals surface area contributed by atoms with E-state index in [1.165, 1.54) is 0 Å². The third kappa shape index (κ3) is 2.24. The third-order valence-electron chi connectivity index (χ3n) is 3.63. The number of aromatic nitrogens is 1. The van der Waals surface area contributed by atoms with Gasteiger partial charge in [-0.25, -0.2) is 8.42 Å². The molecule has 5 heteroatoms. The largest absolute Gasteiger partial charge is 0.317 e. The summed E-state index contributed by atoms with van der Waals surface area (Å²) < 4.78 is 25.5. The molecule has 1 aromatic heterocycles. The molecule has 4 nitrogen and oxygen atoms in total. The van der Waals surface area contributed by atoms with Crippen LogP contribution in [0.5, 0.6) is 0 Å². The first-order valence-corrected chi connectivity index (χ1v) is 8.02. The van der Waals surface area contributed by atoms with E-state index in [1.54, 1.807) is 18.3 Å². The smallest absolute Gasteiger partial charge is 0.183 e. The van der Waals surface area contributed by atoms with Gasteiger partial charge in [0.1, 0.15) is 0 Å². The lowest BCUT2D eigenvalue weighted by Crippen LogP contribution is -2.35. The number of rotatable bonds is 2. The summed E-state index contributed by atoms with van der Waals surface area (Å²) in [5.74, 6) is 0. The van der Waals surface area contributed by atoms with Crippen LogP contribution in [-0.4, -0.2) is 31.7 Å². The summed E-state index contributed by atoms with van der Waals surface area (Å²) in [5.41, 5.74) is 0.587. The van der Waals surface area contributed by atoms with Gasteiger partial charge in [-0.3, -0.25) is 4.98 Å². The third-order valence-corrected chi connectivity index (χ3v) is 5.92. The van der Waals surface area contributed by atoms with Crippen LogP contribution in [0.1, 0.15) is 12.8 Å². The normalized spacial score (nSPS) is 17.7. The predicted octanol–water partition coefficient (Wildman–Crippen LogP) is 1.76. The molecule has 0 unspecified atom stereocenters. The van der Waals surface area contributed by atoms with Gasteiger partial charge in [-0.2, -0.15) is 0 Å². The van der Waals surface area contributed by atoms with Gasteiger partial charge in [0.15, 0.2) is 9.84 Å². The minimum Gasteiger partial charge on any atom is -0.317 e. The SMILES string of the molecule is O=S(=O)(c1cccc2cccnc12)C1CCNCC1. The molecule has 1 N–H and O–H groups in total. The van der Waals surface area contributed by atoms with Crippen molar-refractivity contribution in [2.75, 3.05) is 13.1 Å². The zero-order chi connectivity index (χ0) is 13.3. The Morgan fingerprint density at radius 2 is 1.84 bits per heavy atom. The van der Waals surface area contributed by atoms with E-state index in [0.29, 0.717) is 23.3 Å². The van der Waals surface area contributed by atoms with Crippen molar-refractivity contribution in [1.29, 1.82) is 0 Å². The van der Waals surface area contributed by atoms with Gasteiger partial charge in [0.25, 0.3) is 0 Å². The first-order chi connectivity index (χ1) is 9.19. The highest BCUT2D eigenvalue weighted by Crippen LogP contribution is 2.27. The zero-order valence-electron chi connectivity index (χ0n) is 10.5. The van der Waals surface area contributed by atoms with Crippen molar-refractivity contribution in [2.45, 2.75) is 23.0 Å². The molecule has 1 fully saturated rings. The number of para-hydroxylation sites is 1. The van der Waals surface area contributed by atoms with E-state index in [2.05, 4.69) is 10.3 Å². The molecule has 0 aliphatic carbocycles. The number of pyridine rings is 1. The van der Waals surface area contributed by atoms with E-state index < -0.39 is 9.84 Å². The topological polar surface area (TPSA) is 59.1 Å². The molecule has 0 spiro atoms. The van der Waals surface area contributed by atoms with Crippen LogP contribution >= 0.6 is 0 Å². The number of benzene rings is 1. The van der Waals surface area contributed by atoms with Crippen molar-refractivity contribution in [2.24, 2.45) is 0 Å². The molecule has 100 valence electrons. The van der Waals surface area contributed by atoms with E-state index in [1.807, 2.05) is 18.2 Å². The van der Waals surface area contributed by atoms with E-state index >= 15 is 0 Å². The van der Waals surface area contributed by atoms with Crippen molar-refractivity contribution in [3.8, 4) is 0 Å². The van der Waals surface area contributed by atoms with Crippen LogP contribution in [0.4, 0.5) is 0 Å². The van der Waals surface area contributed by atoms with Gasteiger partial charge in [0.05, 0.1) is 15.7 Å². The zero-order valence-corrected chi connectivity index (χ0v) is 11.4. The minimum atomic E-state index is -3.29. The number of nitrogens with zero attached hydrogens (tertiary/aromatic N) is 1. The summed E-state index contributed by atoms with van der Waals surface area (Å²) in [6.07, 6.45) is 2.99. The molecule has 1 aromatic carbocycles. The van der Waals surface area contributed by atoms with Gasteiger partial charge in [0.2, 0.25) is 0 Å². The summed E-state index contributed by atoms with van der Waals surface area (Å²) in [7, 11) is -3.29. The molecule has 3 rings (SSSR count). The van der Waals surface area contributed by atoms with Gasteiger partial charge < -0.3 is 5.32 Å². The Bertz CT molecular complexity index is 686. The molecular formula is C14H16N2O2S. The number of nitrogens with one attached hydrogen (secondary N) is 1. The maximum Gasteiger partial charge on any atom is 0.183 e. The second-order valence-corrected chi connectivity index (χ2v) is 7.02. The van der Waals surface area contributed by atoms with Crippen LogP contribution in [0.3, 0.4) is 0 Å². The van der Waals surface area contributed by atoms with E-state index in [-0.39, 0.29) is 5.25 Å². The Kier molecular flexibility index (Phi) is 3.24. The summed E-state index contributed by atoms with van der Waals surface area (Å²) in [6, 6.07) is 9.07. The summed E-state index contributed by atoms with van der Waals surface area (Å²) >= 11 is 0. The molecule has 1 aliphatic rings. The van der Waals surface area contributed by atoms with E-state index in [4.69, 9.17) is 0 Å². The van der Waals surface area contributed by atoms with Gasteiger partial charge in [-0.15, -0.1) is 0 Å². The van der Waals surface area contributed by atoms with Crippen molar-refractivity contribution in [3.63, 3.8) is 0 Å². The second kappa shape index (κ2) is 4.90. The highest BCUT2D eigenvalue weighted by atomic mass is 32.2. The average Bonchev–Trinajstić information content (AvgIpc) is 2.47. The van der Waals surface area contributed by atoms with Crippen LogP contribution in [0.25, 0.3) is 10.9 Å². The summed E-state index contributed by atoms with van der Waals surface area (Å²) in [5, 5.41) is 3.78. The Balaban J connectivity index is 2.12. The first kappa shape index (κ1) is 12.6. The molecule has 2 heterocycles. The van der Waals surface area contributed by atoms with Crippen LogP contribution in [0, 0.1) is 0 Å². The maximum atomic E-state index is 12.7. The number of sulfone groups is 1. The molecular weight excluding hydrogens is 260 g/mol. The number of hydrogen-bond donors (Lipinski definition) is 1. The number of fused-ring (bicyclic) bond motifs is 1. The molecule has 19 heavy (non-hydrogen) atoms. The Labute approximate surface area is 112 Å². The van der Waals surface area contributed by atoms with E-state index in [9.17, 15) is 8.42 Å². The van der Waals surface area contributed by atoms with Gasteiger partial charge in [0, 0.05) is 11.6 Å². The Morgan fingerprint density at radius 1 is 1.11 bits per heavy atom. The summed E-state index contributed by atoms with van der Waals surface area (Å²) in [6.45, 7) is 1.53. The predicted molar refractivity (Wildman–Crippen MR) is 74.8 cm³/mol. The fourth-order valence-electron chi connectivity index (χ4n) is 2.59. The lowest BCUT2D eigenvalue weighted by molar-refractivity contribution is 0.496. The molecule has 0 saturated carbocycles. The van der Waals surface area contributed by atoms with Crippen LogP contribution in [0.15, 0.2) is 41.4 Å². The molecule has 0 amide bonds. The minimum absolute atomic E-state index is 0.290. The van der Waals surface area contributed by atoms with Crippen molar-refractivity contribution < 1.29 is 8.42 Å². The molecule has 0 bridgehead atoms. The van der Waals surface area contributed by atoms with Crippen molar-refractivity contribution in [1.82, 2.24) is 10.3 Å². The molecule has 2 aromatic rings. The van der Waals surface area contributed by atoms with Crippen molar-refractivity contribution in [3.05, 3.63) is 36.5 Å². The molecule has 1 saturated heterocycles. The fourth-order valence-corrected chi connectivity index (χ4v) is 4.51. The van der Waals surface area contributed by atoms with Crippen molar-refractivity contribution >= 4 is 20.7 Å². The number of hydrogen-bond acceptors (Lipinski definition) is 4.